The average Bonchev–Trinajstić information content (AvgIpc) is 3.04. The van der Waals surface area contributed by atoms with Gasteiger partial charge in [-0.15, -0.1) is 0 Å². The second-order valence-corrected chi connectivity index (χ2v) is 7.67. The van der Waals surface area contributed by atoms with Gasteiger partial charge in [-0.25, -0.2) is 4.98 Å². The van der Waals surface area contributed by atoms with E-state index in [1.165, 1.54) is 0 Å². The van der Waals surface area contributed by atoms with E-state index in [1.807, 2.05) is 19.3 Å². The van der Waals surface area contributed by atoms with Crippen LogP contribution in [-0.2, 0) is 11.3 Å². The van der Waals surface area contributed by atoms with E-state index in [-0.39, 0.29) is 6.10 Å². The zero-order valence-electron chi connectivity index (χ0n) is 17.6. The Morgan fingerprint density at radius 3 is 2.93 bits per heavy atom. The summed E-state index contributed by atoms with van der Waals surface area (Å²) in [7, 11) is 0. The van der Waals surface area contributed by atoms with Crippen molar-refractivity contribution in [3.63, 3.8) is 0 Å². The molecule has 1 unspecified atom stereocenters. The van der Waals surface area contributed by atoms with Gasteiger partial charge >= 0.3 is 0 Å². The molecule has 27 heavy (non-hydrogen) atoms. The van der Waals surface area contributed by atoms with Crippen molar-refractivity contribution in [2.45, 2.75) is 53.2 Å². The van der Waals surface area contributed by atoms with E-state index < -0.39 is 0 Å². The minimum atomic E-state index is 0.192. The van der Waals surface area contributed by atoms with Crippen LogP contribution in [0.25, 0.3) is 0 Å². The highest BCUT2D eigenvalue weighted by molar-refractivity contribution is 5.79. The number of aryl methyl sites for hydroxylation is 2. The third-order valence-electron chi connectivity index (χ3n) is 4.69. The van der Waals surface area contributed by atoms with Crippen molar-refractivity contribution in [2.24, 2.45) is 10.9 Å². The van der Waals surface area contributed by atoms with Crippen LogP contribution in [0.2, 0.25) is 0 Å². The van der Waals surface area contributed by atoms with Gasteiger partial charge < -0.3 is 19.9 Å². The van der Waals surface area contributed by atoms with Crippen LogP contribution in [0.3, 0.4) is 0 Å². The lowest BCUT2D eigenvalue weighted by molar-refractivity contribution is -0.0261. The van der Waals surface area contributed by atoms with Gasteiger partial charge in [-0.05, 0) is 32.6 Å². The minimum absolute atomic E-state index is 0.192. The van der Waals surface area contributed by atoms with E-state index >= 15 is 0 Å². The third kappa shape index (κ3) is 8.30. The van der Waals surface area contributed by atoms with E-state index in [4.69, 9.17) is 9.73 Å². The molecule has 1 aliphatic rings. The molecule has 1 aliphatic heterocycles. The van der Waals surface area contributed by atoms with Crippen LogP contribution in [0, 0.1) is 12.8 Å². The molecule has 0 spiro atoms. The fourth-order valence-electron chi connectivity index (χ4n) is 3.36. The molecule has 1 aromatic heterocycles. The number of unbranched alkanes of at least 4 members (excludes halogenated alkanes) is 1. The van der Waals surface area contributed by atoms with Crippen LogP contribution in [0.5, 0.6) is 0 Å². The van der Waals surface area contributed by atoms with E-state index in [0.29, 0.717) is 12.5 Å². The van der Waals surface area contributed by atoms with E-state index in [9.17, 15) is 0 Å². The third-order valence-corrected chi connectivity index (χ3v) is 4.69. The van der Waals surface area contributed by atoms with Gasteiger partial charge in [-0.3, -0.25) is 9.89 Å². The Kier molecular flexibility index (Phi) is 9.62. The number of hydrogen-bond donors (Lipinski definition) is 2. The van der Waals surface area contributed by atoms with E-state index in [0.717, 1.165) is 70.5 Å². The van der Waals surface area contributed by atoms with Gasteiger partial charge in [0.2, 0.25) is 0 Å². The van der Waals surface area contributed by atoms with Crippen molar-refractivity contribution in [1.29, 1.82) is 0 Å². The van der Waals surface area contributed by atoms with Crippen LogP contribution >= 0.6 is 0 Å². The second kappa shape index (κ2) is 12.0. The summed E-state index contributed by atoms with van der Waals surface area (Å²) in [5.74, 6) is 2.66. The highest BCUT2D eigenvalue weighted by atomic mass is 16.5. The summed E-state index contributed by atoms with van der Waals surface area (Å²) in [6.45, 7) is 16.1. The molecule has 2 rings (SSSR count). The Labute approximate surface area is 164 Å². The Bertz CT molecular complexity index is 556. The number of imidazole rings is 1. The summed E-state index contributed by atoms with van der Waals surface area (Å²) < 4.78 is 8.10. The number of nitrogens with one attached hydrogen (secondary N) is 2. The smallest absolute Gasteiger partial charge is 0.191 e. The molecular formula is C20H38N6O. The summed E-state index contributed by atoms with van der Waals surface area (Å²) in [5, 5.41) is 6.78. The fourth-order valence-corrected chi connectivity index (χ4v) is 3.36. The van der Waals surface area contributed by atoms with E-state index in [2.05, 4.69) is 45.9 Å². The van der Waals surface area contributed by atoms with Crippen LogP contribution in [-0.4, -0.2) is 72.4 Å². The lowest BCUT2D eigenvalue weighted by Gasteiger charge is -2.33. The molecule has 1 fully saturated rings. The molecule has 0 aromatic carbocycles. The molecule has 0 bridgehead atoms. The van der Waals surface area contributed by atoms with Gasteiger partial charge in [0.25, 0.3) is 0 Å². The maximum absolute atomic E-state index is 5.90. The van der Waals surface area contributed by atoms with Gasteiger partial charge in [-0.1, -0.05) is 13.8 Å². The summed E-state index contributed by atoms with van der Waals surface area (Å²) in [6.07, 6.45) is 6.32. The van der Waals surface area contributed by atoms with Gasteiger partial charge in [0.15, 0.2) is 5.96 Å². The maximum Gasteiger partial charge on any atom is 0.191 e. The number of guanidine groups is 1. The molecule has 7 nitrogen and oxygen atoms in total. The van der Waals surface area contributed by atoms with Crippen molar-refractivity contribution < 1.29 is 4.74 Å². The van der Waals surface area contributed by atoms with Crippen molar-refractivity contribution in [2.75, 3.05) is 45.9 Å². The second-order valence-electron chi connectivity index (χ2n) is 7.67. The normalized spacial score (nSPS) is 18.9. The van der Waals surface area contributed by atoms with Crippen molar-refractivity contribution in [3.05, 3.63) is 18.2 Å². The lowest BCUT2D eigenvalue weighted by Crippen LogP contribution is -2.46. The molecule has 0 saturated carbocycles. The first-order chi connectivity index (χ1) is 13.1. The standard InChI is InChI=1S/C20H38N6O/c1-5-21-20(23-8-6-7-10-26-11-9-22-18(26)4)24-14-19-16-25(12-13-27-19)15-17(2)3/h9,11,17,19H,5-8,10,12-16H2,1-4H3,(H2,21,23,24). The zero-order valence-corrected chi connectivity index (χ0v) is 17.6. The van der Waals surface area contributed by atoms with Gasteiger partial charge in [0, 0.05) is 51.7 Å². The first kappa shape index (κ1) is 21.7. The number of rotatable bonds is 10. The molecule has 0 amide bonds. The summed E-state index contributed by atoms with van der Waals surface area (Å²) in [5.41, 5.74) is 0. The van der Waals surface area contributed by atoms with Crippen LogP contribution in [0.1, 0.15) is 39.4 Å². The summed E-state index contributed by atoms with van der Waals surface area (Å²) >= 11 is 0. The summed E-state index contributed by atoms with van der Waals surface area (Å²) in [4.78, 5) is 11.5. The van der Waals surface area contributed by atoms with Crippen LogP contribution in [0.4, 0.5) is 0 Å². The lowest BCUT2D eigenvalue weighted by atomic mass is 10.2. The molecule has 2 N–H and O–H groups in total. The number of aliphatic imine (C=N–C) groups is 1. The van der Waals surface area contributed by atoms with Gasteiger partial charge in [0.1, 0.15) is 5.82 Å². The average molecular weight is 379 g/mol. The molecule has 1 atom stereocenters. The molecule has 0 radical (unpaired) electrons. The minimum Gasteiger partial charge on any atom is -0.374 e. The Hall–Kier alpha value is -1.60. The zero-order chi connectivity index (χ0) is 19.5. The predicted octanol–water partition coefficient (Wildman–Crippen LogP) is 1.88. The number of ether oxygens (including phenoxy) is 1. The van der Waals surface area contributed by atoms with Gasteiger partial charge in [-0.2, -0.15) is 0 Å². The highest BCUT2D eigenvalue weighted by Crippen LogP contribution is 2.08. The monoisotopic (exact) mass is 378 g/mol. The number of hydrogen-bond acceptors (Lipinski definition) is 4. The predicted molar refractivity (Wildman–Crippen MR) is 111 cm³/mol. The molecule has 2 heterocycles. The quantitative estimate of drug-likeness (QED) is 0.370. The molecule has 1 saturated heterocycles. The number of nitrogens with zero attached hydrogens (tertiary/aromatic N) is 4. The molecule has 1 aromatic rings. The van der Waals surface area contributed by atoms with Crippen molar-refractivity contribution in [1.82, 2.24) is 25.1 Å². The molecule has 0 aliphatic carbocycles. The van der Waals surface area contributed by atoms with Crippen molar-refractivity contribution >= 4 is 5.96 Å². The largest absolute Gasteiger partial charge is 0.374 e. The molecular weight excluding hydrogens is 340 g/mol. The van der Waals surface area contributed by atoms with Crippen LogP contribution < -0.4 is 10.6 Å². The molecule has 154 valence electrons. The van der Waals surface area contributed by atoms with Gasteiger partial charge in [0.05, 0.1) is 19.3 Å². The fraction of sp³-hybridized carbons (Fsp3) is 0.800. The SMILES string of the molecule is CCNC(=NCC1CN(CC(C)C)CCO1)NCCCCn1ccnc1C. The Morgan fingerprint density at radius 1 is 1.37 bits per heavy atom. The highest BCUT2D eigenvalue weighted by Gasteiger charge is 2.20. The number of morpholine rings is 1. The Morgan fingerprint density at radius 2 is 2.22 bits per heavy atom. The molecule has 7 heteroatoms. The maximum atomic E-state index is 5.90. The van der Waals surface area contributed by atoms with Crippen LogP contribution in [0.15, 0.2) is 17.4 Å². The van der Waals surface area contributed by atoms with Crippen molar-refractivity contribution in [3.8, 4) is 0 Å². The first-order valence-electron chi connectivity index (χ1n) is 10.4. The van der Waals surface area contributed by atoms with E-state index in [1.54, 1.807) is 0 Å². The number of aromatic nitrogens is 2. The summed E-state index contributed by atoms with van der Waals surface area (Å²) in [6, 6.07) is 0. The topological polar surface area (TPSA) is 66.7 Å². The first-order valence-corrected chi connectivity index (χ1v) is 10.4. The Balaban J connectivity index is 1.69.